The zero-order valence-corrected chi connectivity index (χ0v) is 18.4. The summed E-state index contributed by atoms with van der Waals surface area (Å²) in [5.41, 5.74) is 2.40. The summed E-state index contributed by atoms with van der Waals surface area (Å²) in [7, 11) is 0. The van der Waals surface area contributed by atoms with Gasteiger partial charge >= 0.3 is 0 Å². The number of carbonyl (C=O) groups excluding carboxylic acids is 1. The molecular formula is C23H25N9O. The van der Waals surface area contributed by atoms with Gasteiger partial charge in [-0.1, -0.05) is 18.2 Å². The van der Waals surface area contributed by atoms with Crippen molar-refractivity contribution in [1.29, 1.82) is 0 Å². The molecule has 1 saturated heterocycles. The molecule has 5 rings (SSSR count). The van der Waals surface area contributed by atoms with Crippen molar-refractivity contribution in [2.75, 3.05) is 42.5 Å². The summed E-state index contributed by atoms with van der Waals surface area (Å²) in [6.07, 6.45) is 6.91. The second-order valence-corrected chi connectivity index (χ2v) is 7.90. The lowest BCUT2D eigenvalue weighted by Gasteiger charge is -2.35. The van der Waals surface area contributed by atoms with Crippen LogP contribution in [0.3, 0.4) is 0 Å². The van der Waals surface area contributed by atoms with Crippen LogP contribution in [0.25, 0.3) is 11.0 Å². The standard InChI is InChI=1S/C23H25N9O/c1-17-5-2-3-6-18(17)22(33)24-9-10-32-21-19(15-29-32)20(27-16-28-21)30-11-13-31(14-12-30)23-25-7-4-8-26-23/h2-8,15-16H,9-14H2,1H3,(H,24,33). The van der Waals surface area contributed by atoms with Gasteiger partial charge in [0.1, 0.15) is 12.1 Å². The fraction of sp³-hybridized carbons (Fsp3) is 0.304. The van der Waals surface area contributed by atoms with Gasteiger partial charge in [0, 0.05) is 50.7 Å². The van der Waals surface area contributed by atoms with Crippen LogP contribution in [-0.2, 0) is 6.54 Å². The number of anilines is 2. The van der Waals surface area contributed by atoms with Gasteiger partial charge in [-0.3, -0.25) is 4.79 Å². The van der Waals surface area contributed by atoms with Crippen LogP contribution in [0.15, 0.2) is 55.2 Å². The van der Waals surface area contributed by atoms with Gasteiger partial charge in [0.25, 0.3) is 5.91 Å². The minimum atomic E-state index is -0.0832. The number of nitrogens with one attached hydrogen (secondary N) is 1. The average molecular weight is 444 g/mol. The molecule has 1 aliphatic heterocycles. The molecular weight excluding hydrogens is 418 g/mol. The number of benzene rings is 1. The lowest BCUT2D eigenvalue weighted by molar-refractivity contribution is 0.0951. The number of piperazine rings is 1. The van der Waals surface area contributed by atoms with E-state index in [1.807, 2.05) is 41.9 Å². The molecule has 0 unspecified atom stereocenters. The molecule has 1 fully saturated rings. The van der Waals surface area contributed by atoms with Gasteiger partial charge in [-0.25, -0.2) is 24.6 Å². The number of carbonyl (C=O) groups is 1. The van der Waals surface area contributed by atoms with Crippen LogP contribution < -0.4 is 15.1 Å². The second-order valence-electron chi connectivity index (χ2n) is 7.90. The van der Waals surface area contributed by atoms with Gasteiger partial charge in [-0.15, -0.1) is 0 Å². The SMILES string of the molecule is Cc1ccccc1C(=O)NCCn1ncc2c(N3CCN(c4ncccn4)CC3)ncnc21. The molecule has 0 bridgehead atoms. The Bertz CT molecular complexity index is 1250. The van der Waals surface area contributed by atoms with Gasteiger partial charge in [0.05, 0.1) is 18.1 Å². The Morgan fingerprint density at radius 2 is 1.73 bits per heavy atom. The number of hydrogen-bond acceptors (Lipinski definition) is 8. The average Bonchev–Trinajstić information content (AvgIpc) is 3.28. The van der Waals surface area contributed by atoms with E-state index in [9.17, 15) is 4.79 Å². The quantitative estimate of drug-likeness (QED) is 0.480. The normalized spacial score (nSPS) is 14.0. The van der Waals surface area contributed by atoms with Gasteiger partial charge in [0.2, 0.25) is 5.95 Å². The van der Waals surface area contributed by atoms with Gasteiger partial charge in [-0.2, -0.15) is 5.10 Å². The summed E-state index contributed by atoms with van der Waals surface area (Å²) < 4.78 is 1.81. The first kappa shape index (κ1) is 20.8. The smallest absolute Gasteiger partial charge is 0.251 e. The molecule has 168 valence electrons. The van der Waals surface area contributed by atoms with Crippen LogP contribution in [0.2, 0.25) is 0 Å². The zero-order chi connectivity index (χ0) is 22.6. The molecule has 33 heavy (non-hydrogen) atoms. The van der Waals surface area contributed by atoms with Crippen molar-refractivity contribution in [2.45, 2.75) is 13.5 Å². The molecule has 0 spiro atoms. The summed E-state index contributed by atoms with van der Waals surface area (Å²) in [5.74, 6) is 1.55. The highest BCUT2D eigenvalue weighted by Crippen LogP contribution is 2.24. The van der Waals surface area contributed by atoms with Gasteiger partial charge in [0.15, 0.2) is 5.65 Å². The highest BCUT2D eigenvalue weighted by atomic mass is 16.1. The first-order chi connectivity index (χ1) is 16.2. The van der Waals surface area contributed by atoms with E-state index in [2.05, 4.69) is 40.2 Å². The van der Waals surface area contributed by atoms with E-state index in [1.54, 1.807) is 24.9 Å². The number of amides is 1. The van der Waals surface area contributed by atoms with Crippen molar-refractivity contribution in [3.63, 3.8) is 0 Å². The molecule has 1 aromatic carbocycles. The Labute approximate surface area is 191 Å². The molecule has 0 radical (unpaired) electrons. The maximum atomic E-state index is 12.5. The highest BCUT2D eigenvalue weighted by Gasteiger charge is 2.22. The van der Waals surface area contributed by atoms with Crippen LogP contribution in [0, 0.1) is 6.92 Å². The van der Waals surface area contributed by atoms with Gasteiger partial charge in [-0.05, 0) is 24.6 Å². The Kier molecular flexibility index (Phi) is 5.79. The van der Waals surface area contributed by atoms with Crippen molar-refractivity contribution < 1.29 is 4.79 Å². The molecule has 4 heterocycles. The molecule has 10 heteroatoms. The van der Waals surface area contributed by atoms with E-state index in [0.29, 0.717) is 18.7 Å². The highest BCUT2D eigenvalue weighted by molar-refractivity contribution is 5.95. The Hall–Kier alpha value is -4.08. The monoisotopic (exact) mass is 443 g/mol. The summed E-state index contributed by atoms with van der Waals surface area (Å²) >= 11 is 0. The second kappa shape index (κ2) is 9.19. The fourth-order valence-corrected chi connectivity index (χ4v) is 4.07. The van der Waals surface area contributed by atoms with Crippen LogP contribution in [-0.4, -0.2) is 68.3 Å². The van der Waals surface area contributed by atoms with E-state index in [0.717, 1.165) is 54.5 Å². The Morgan fingerprint density at radius 1 is 0.970 bits per heavy atom. The lowest BCUT2D eigenvalue weighted by atomic mass is 10.1. The summed E-state index contributed by atoms with van der Waals surface area (Å²) in [6, 6.07) is 9.38. The molecule has 3 aromatic heterocycles. The molecule has 1 aliphatic rings. The summed E-state index contributed by atoms with van der Waals surface area (Å²) in [5, 5.41) is 8.39. The number of fused-ring (bicyclic) bond motifs is 1. The number of aromatic nitrogens is 6. The van der Waals surface area contributed by atoms with Crippen molar-refractivity contribution in [1.82, 2.24) is 35.0 Å². The van der Waals surface area contributed by atoms with Crippen LogP contribution in [0.4, 0.5) is 11.8 Å². The third kappa shape index (κ3) is 4.32. The van der Waals surface area contributed by atoms with E-state index in [-0.39, 0.29) is 5.91 Å². The predicted octanol–water partition coefficient (Wildman–Crippen LogP) is 1.68. The maximum Gasteiger partial charge on any atom is 0.251 e. The molecule has 4 aromatic rings. The van der Waals surface area contributed by atoms with E-state index < -0.39 is 0 Å². The maximum absolute atomic E-state index is 12.5. The van der Waals surface area contributed by atoms with Crippen LogP contribution in [0.1, 0.15) is 15.9 Å². The Balaban J connectivity index is 1.24. The molecule has 10 nitrogen and oxygen atoms in total. The third-order valence-corrected chi connectivity index (χ3v) is 5.83. The molecule has 0 aliphatic carbocycles. The van der Waals surface area contributed by atoms with Crippen molar-refractivity contribution in [3.8, 4) is 0 Å². The van der Waals surface area contributed by atoms with Crippen molar-refractivity contribution in [2.24, 2.45) is 0 Å². The topological polar surface area (TPSA) is 105 Å². The number of aryl methyl sites for hydroxylation is 1. The van der Waals surface area contributed by atoms with Crippen molar-refractivity contribution in [3.05, 3.63) is 66.4 Å². The Morgan fingerprint density at radius 3 is 2.52 bits per heavy atom. The predicted molar refractivity (Wildman–Crippen MR) is 125 cm³/mol. The molecule has 1 N–H and O–H groups in total. The van der Waals surface area contributed by atoms with Crippen molar-refractivity contribution >= 4 is 28.7 Å². The first-order valence-corrected chi connectivity index (χ1v) is 11.0. The summed E-state index contributed by atoms with van der Waals surface area (Å²) in [6.45, 7) is 6.16. The lowest BCUT2D eigenvalue weighted by Crippen LogP contribution is -2.47. The number of nitrogens with zero attached hydrogens (tertiary/aromatic N) is 8. The van der Waals surface area contributed by atoms with Crippen LogP contribution in [0.5, 0.6) is 0 Å². The molecule has 0 atom stereocenters. The first-order valence-electron chi connectivity index (χ1n) is 11.0. The fourth-order valence-electron chi connectivity index (χ4n) is 4.07. The molecule has 1 amide bonds. The van der Waals surface area contributed by atoms with Gasteiger partial charge < -0.3 is 15.1 Å². The minimum absolute atomic E-state index is 0.0832. The largest absolute Gasteiger partial charge is 0.352 e. The third-order valence-electron chi connectivity index (χ3n) is 5.83. The zero-order valence-electron chi connectivity index (χ0n) is 18.4. The van der Waals surface area contributed by atoms with Crippen LogP contribution >= 0.6 is 0 Å². The molecule has 0 saturated carbocycles. The van der Waals surface area contributed by atoms with E-state index >= 15 is 0 Å². The minimum Gasteiger partial charge on any atom is -0.352 e. The number of rotatable bonds is 6. The number of hydrogen-bond donors (Lipinski definition) is 1. The summed E-state index contributed by atoms with van der Waals surface area (Å²) in [4.78, 5) is 34.6. The van der Waals surface area contributed by atoms with E-state index in [1.165, 1.54) is 0 Å². The van der Waals surface area contributed by atoms with E-state index in [4.69, 9.17) is 0 Å².